The Morgan fingerprint density at radius 3 is 2.64 bits per heavy atom. The largest absolute Gasteiger partial charge is 0.411 e. The van der Waals surface area contributed by atoms with Crippen molar-refractivity contribution >= 4 is 27.5 Å². The van der Waals surface area contributed by atoms with Crippen molar-refractivity contribution in [3.05, 3.63) is 9.74 Å². The summed E-state index contributed by atoms with van der Waals surface area (Å²) >= 11 is 4.24. The molecule has 0 saturated heterocycles. The number of hydrogen-bond donors (Lipinski definition) is 0. The van der Waals surface area contributed by atoms with Crippen LogP contribution in [0.1, 0.15) is 5.82 Å². The van der Waals surface area contributed by atoms with Crippen molar-refractivity contribution in [3.63, 3.8) is 0 Å². The van der Waals surface area contributed by atoms with Crippen LogP contribution in [0.2, 0.25) is 0 Å². The highest BCUT2D eigenvalue weighted by Crippen LogP contribution is 2.15. The molecule has 0 amide bonds. The molecule has 0 bridgehead atoms. The molecule has 0 aliphatic rings. The standard InChI is InChI=1S/C6H6BrF3N2OS/c7-5-11-4(12-14-5)1-2-13-3-6(8,9)10/h1-3H2. The summed E-state index contributed by atoms with van der Waals surface area (Å²) in [6, 6.07) is 0. The fraction of sp³-hybridized carbons (Fsp3) is 0.667. The number of alkyl halides is 3. The van der Waals surface area contributed by atoms with E-state index in [0.29, 0.717) is 9.74 Å². The van der Waals surface area contributed by atoms with Crippen molar-refractivity contribution in [1.82, 2.24) is 9.36 Å². The van der Waals surface area contributed by atoms with E-state index in [1.165, 1.54) is 0 Å². The van der Waals surface area contributed by atoms with Crippen molar-refractivity contribution < 1.29 is 17.9 Å². The van der Waals surface area contributed by atoms with Crippen molar-refractivity contribution in [1.29, 1.82) is 0 Å². The Kier molecular flexibility index (Phi) is 4.27. The molecule has 0 unspecified atom stereocenters. The number of nitrogens with zero attached hydrogens (tertiary/aromatic N) is 2. The van der Waals surface area contributed by atoms with Gasteiger partial charge in [0.15, 0.2) is 3.92 Å². The quantitative estimate of drug-likeness (QED) is 0.799. The molecule has 0 aliphatic carbocycles. The molecule has 0 atom stereocenters. The summed E-state index contributed by atoms with van der Waals surface area (Å²) < 4.78 is 43.8. The first-order valence-electron chi connectivity index (χ1n) is 3.60. The zero-order valence-electron chi connectivity index (χ0n) is 6.84. The van der Waals surface area contributed by atoms with Gasteiger partial charge in [0.25, 0.3) is 0 Å². The molecule has 0 spiro atoms. The number of aromatic nitrogens is 2. The predicted molar refractivity (Wildman–Crippen MR) is 48.2 cm³/mol. The van der Waals surface area contributed by atoms with Crippen molar-refractivity contribution in [2.24, 2.45) is 0 Å². The molecular weight excluding hydrogens is 285 g/mol. The normalized spacial score (nSPS) is 12.0. The van der Waals surface area contributed by atoms with E-state index >= 15 is 0 Å². The summed E-state index contributed by atoms with van der Waals surface area (Å²) in [7, 11) is 0. The molecular formula is C6H6BrF3N2OS. The van der Waals surface area contributed by atoms with Gasteiger partial charge in [-0.25, -0.2) is 4.98 Å². The molecule has 1 rings (SSSR count). The lowest BCUT2D eigenvalue weighted by molar-refractivity contribution is -0.173. The molecule has 0 radical (unpaired) electrons. The van der Waals surface area contributed by atoms with E-state index in [2.05, 4.69) is 30.0 Å². The highest BCUT2D eigenvalue weighted by atomic mass is 79.9. The number of rotatable bonds is 4. The molecule has 0 aromatic carbocycles. The van der Waals surface area contributed by atoms with Crippen LogP contribution in [0, 0.1) is 0 Å². The van der Waals surface area contributed by atoms with Crippen molar-refractivity contribution in [3.8, 4) is 0 Å². The van der Waals surface area contributed by atoms with E-state index in [1.807, 2.05) is 0 Å². The second-order valence-electron chi connectivity index (χ2n) is 2.38. The molecule has 0 saturated carbocycles. The zero-order chi connectivity index (χ0) is 10.6. The van der Waals surface area contributed by atoms with Gasteiger partial charge in [0.1, 0.15) is 12.4 Å². The van der Waals surface area contributed by atoms with Crippen LogP contribution in [0.15, 0.2) is 3.92 Å². The van der Waals surface area contributed by atoms with Gasteiger partial charge in [0, 0.05) is 6.42 Å². The fourth-order valence-corrected chi connectivity index (χ4v) is 1.57. The zero-order valence-corrected chi connectivity index (χ0v) is 9.25. The summed E-state index contributed by atoms with van der Waals surface area (Å²) in [4.78, 5) is 3.91. The number of ether oxygens (including phenoxy) is 1. The Labute approximate surface area is 90.6 Å². The van der Waals surface area contributed by atoms with E-state index in [4.69, 9.17) is 0 Å². The summed E-state index contributed by atoms with van der Waals surface area (Å²) in [5.74, 6) is 0.490. The minimum absolute atomic E-state index is 0.0251. The Balaban J connectivity index is 2.16. The second kappa shape index (κ2) is 5.04. The van der Waals surface area contributed by atoms with E-state index in [-0.39, 0.29) is 13.0 Å². The van der Waals surface area contributed by atoms with E-state index in [1.54, 1.807) is 0 Å². The molecule has 1 aromatic rings. The van der Waals surface area contributed by atoms with Gasteiger partial charge in [-0.2, -0.15) is 17.5 Å². The van der Waals surface area contributed by atoms with Gasteiger partial charge in [-0.05, 0) is 27.5 Å². The third-order valence-corrected chi connectivity index (χ3v) is 2.33. The van der Waals surface area contributed by atoms with Crippen LogP contribution in [-0.2, 0) is 11.2 Å². The lowest BCUT2D eigenvalue weighted by Crippen LogP contribution is -2.18. The van der Waals surface area contributed by atoms with Crippen LogP contribution in [0.4, 0.5) is 13.2 Å². The minimum atomic E-state index is -4.27. The van der Waals surface area contributed by atoms with E-state index in [0.717, 1.165) is 11.5 Å². The maximum atomic E-state index is 11.6. The third kappa shape index (κ3) is 4.87. The minimum Gasteiger partial charge on any atom is -0.372 e. The van der Waals surface area contributed by atoms with Crippen LogP contribution < -0.4 is 0 Å². The van der Waals surface area contributed by atoms with Gasteiger partial charge >= 0.3 is 6.18 Å². The predicted octanol–water partition coefficient (Wildman–Crippen LogP) is 2.42. The van der Waals surface area contributed by atoms with Crippen LogP contribution in [-0.4, -0.2) is 28.7 Å². The molecule has 0 N–H and O–H groups in total. The monoisotopic (exact) mass is 290 g/mol. The SMILES string of the molecule is FC(F)(F)COCCc1nsc(Br)n1. The summed E-state index contributed by atoms with van der Waals surface area (Å²) in [6.45, 7) is -1.25. The Morgan fingerprint density at radius 2 is 2.14 bits per heavy atom. The van der Waals surface area contributed by atoms with Gasteiger partial charge < -0.3 is 4.74 Å². The van der Waals surface area contributed by atoms with Crippen LogP contribution in [0.25, 0.3) is 0 Å². The highest BCUT2D eigenvalue weighted by Gasteiger charge is 2.27. The molecule has 0 fully saturated rings. The van der Waals surface area contributed by atoms with Gasteiger partial charge in [0.05, 0.1) is 6.61 Å². The van der Waals surface area contributed by atoms with Gasteiger partial charge in [0.2, 0.25) is 0 Å². The average molecular weight is 291 g/mol. The molecule has 1 heterocycles. The summed E-state index contributed by atoms with van der Waals surface area (Å²) in [6.07, 6.45) is -3.98. The Morgan fingerprint density at radius 1 is 1.43 bits per heavy atom. The average Bonchev–Trinajstić information content (AvgIpc) is 2.44. The van der Waals surface area contributed by atoms with Gasteiger partial charge in [-0.15, -0.1) is 0 Å². The molecule has 1 aromatic heterocycles. The molecule has 80 valence electrons. The summed E-state index contributed by atoms with van der Waals surface area (Å²) in [5, 5.41) is 0. The Bertz CT molecular complexity index is 291. The van der Waals surface area contributed by atoms with Crippen LogP contribution in [0.5, 0.6) is 0 Å². The smallest absolute Gasteiger partial charge is 0.372 e. The lowest BCUT2D eigenvalue weighted by Gasteiger charge is -2.05. The lowest BCUT2D eigenvalue weighted by atomic mass is 10.4. The van der Waals surface area contributed by atoms with Gasteiger partial charge in [-0.1, -0.05) is 0 Å². The van der Waals surface area contributed by atoms with E-state index in [9.17, 15) is 13.2 Å². The third-order valence-electron chi connectivity index (χ3n) is 1.18. The molecule has 3 nitrogen and oxygen atoms in total. The maximum absolute atomic E-state index is 11.6. The molecule has 8 heteroatoms. The first-order chi connectivity index (χ1) is 6.47. The highest BCUT2D eigenvalue weighted by molar-refractivity contribution is 9.11. The van der Waals surface area contributed by atoms with Crippen molar-refractivity contribution in [2.45, 2.75) is 12.6 Å². The van der Waals surface area contributed by atoms with Crippen LogP contribution >= 0.6 is 27.5 Å². The van der Waals surface area contributed by atoms with E-state index < -0.39 is 12.8 Å². The number of halogens is 4. The first kappa shape index (κ1) is 11.9. The molecule has 0 aliphatic heterocycles. The second-order valence-corrected chi connectivity index (χ2v) is 4.41. The topological polar surface area (TPSA) is 35.0 Å². The number of hydrogen-bond acceptors (Lipinski definition) is 4. The fourth-order valence-electron chi connectivity index (χ4n) is 0.686. The van der Waals surface area contributed by atoms with Crippen molar-refractivity contribution in [2.75, 3.05) is 13.2 Å². The summed E-state index contributed by atoms with van der Waals surface area (Å²) in [5.41, 5.74) is 0. The molecule has 14 heavy (non-hydrogen) atoms. The maximum Gasteiger partial charge on any atom is 0.411 e. The first-order valence-corrected chi connectivity index (χ1v) is 5.16. The van der Waals surface area contributed by atoms with Gasteiger partial charge in [-0.3, -0.25) is 0 Å². The van der Waals surface area contributed by atoms with Crippen LogP contribution in [0.3, 0.4) is 0 Å². The Hall–Kier alpha value is -0.210.